The Balaban J connectivity index is 1.79. The third kappa shape index (κ3) is 4.03. The lowest BCUT2D eigenvalue weighted by Gasteiger charge is -2.25. The second-order valence-corrected chi connectivity index (χ2v) is 9.16. The summed E-state index contributed by atoms with van der Waals surface area (Å²) in [7, 11) is 3.05. The first-order valence-electron chi connectivity index (χ1n) is 11.4. The highest BCUT2D eigenvalue weighted by Gasteiger charge is 2.32. The molecular weight excluding hydrogens is 445 g/mol. The number of hydrogen-bond acceptors (Lipinski definition) is 6. The van der Waals surface area contributed by atoms with Crippen LogP contribution in [0.1, 0.15) is 50.0 Å². The number of ether oxygens (including phenoxy) is 2. The molecule has 1 saturated heterocycles. The van der Waals surface area contributed by atoms with Gasteiger partial charge in [-0.2, -0.15) is 0 Å². The first-order valence-corrected chi connectivity index (χ1v) is 11.8. The van der Waals surface area contributed by atoms with Crippen molar-refractivity contribution in [2.45, 2.75) is 44.4 Å². The molecule has 0 unspecified atom stereocenters. The molecule has 0 radical (unpaired) electrons. The molecule has 1 N–H and O–H groups in total. The number of phenols is 1. The molecule has 2 aromatic heterocycles. The van der Waals surface area contributed by atoms with Crippen LogP contribution in [0.25, 0.3) is 22.2 Å². The summed E-state index contributed by atoms with van der Waals surface area (Å²) in [5.41, 5.74) is 2.29. The Bertz CT molecular complexity index is 1210. The first kappa shape index (κ1) is 22.0. The molecule has 174 valence electrons. The molecule has 2 fully saturated rings. The highest BCUT2D eigenvalue weighted by molar-refractivity contribution is 6.32. The van der Waals surface area contributed by atoms with Gasteiger partial charge in [-0.3, -0.25) is 0 Å². The maximum atomic E-state index is 16.2. The molecule has 1 aliphatic carbocycles. The minimum Gasteiger partial charge on any atom is -0.508 e. The number of rotatable bonds is 5. The van der Waals surface area contributed by atoms with E-state index in [0.717, 1.165) is 50.0 Å². The van der Waals surface area contributed by atoms with E-state index in [4.69, 9.17) is 21.1 Å². The summed E-state index contributed by atoms with van der Waals surface area (Å²) in [5.74, 6) is 0.225. The molecule has 6 nitrogen and oxygen atoms in total. The fraction of sp³-hybridized carbons (Fsp3) is 0.440. The van der Waals surface area contributed by atoms with E-state index in [0.29, 0.717) is 21.9 Å². The second kappa shape index (κ2) is 8.86. The van der Waals surface area contributed by atoms with Gasteiger partial charge in [-0.15, -0.1) is 0 Å². The number of nitrogens with zero attached hydrogens (tertiary/aromatic N) is 3. The van der Waals surface area contributed by atoms with Gasteiger partial charge in [0.1, 0.15) is 17.0 Å². The molecule has 0 bridgehead atoms. The number of phenolic OH excluding ortho intramolecular Hbond substituents is 1. The Morgan fingerprint density at radius 1 is 1.03 bits per heavy atom. The molecule has 1 saturated carbocycles. The van der Waals surface area contributed by atoms with Crippen LogP contribution in [0.4, 0.5) is 10.1 Å². The average Bonchev–Trinajstić information content (AvgIpc) is 3.66. The molecular formula is C25H27ClFN3O3. The molecule has 33 heavy (non-hydrogen) atoms. The topological polar surface area (TPSA) is 67.7 Å². The van der Waals surface area contributed by atoms with Crippen molar-refractivity contribution in [3.8, 4) is 28.8 Å². The molecule has 2 aliphatic rings. The third-order valence-corrected chi connectivity index (χ3v) is 6.84. The van der Waals surface area contributed by atoms with Crippen molar-refractivity contribution in [1.82, 2.24) is 9.97 Å². The Labute approximate surface area is 197 Å². The Kier molecular flexibility index (Phi) is 5.91. The molecule has 0 atom stereocenters. The minimum absolute atomic E-state index is 0.0384. The first-order chi connectivity index (χ1) is 16.0. The van der Waals surface area contributed by atoms with E-state index in [-0.39, 0.29) is 28.8 Å². The number of hydrogen-bond donors (Lipinski definition) is 1. The van der Waals surface area contributed by atoms with Crippen molar-refractivity contribution in [2.24, 2.45) is 0 Å². The van der Waals surface area contributed by atoms with Crippen molar-refractivity contribution in [3.63, 3.8) is 0 Å². The summed E-state index contributed by atoms with van der Waals surface area (Å²) in [4.78, 5) is 11.3. The van der Waals surface area contributed by atoms with E-state index in [1.807, 2.05) is 6.07 Å². The number of aromatic hydroxyl groups is 1. The summed E-state index contributed by atoms with van der Waals surface area (Å²) in [6, 6.07) is 4.84. The van der Waals surface area contributed by atoms with Crippen LogP contribution in [0, 0.1) is 5.82 Å². The molecule has 8 heteroatoms. The van der Waals surface area contributed by atoms with Crippen molar-refractivity contribution in [2.75, 3.05) is 32.2 Å². The number of fused-ring (bicyclic) bond motifs is 1. The monoisotopic (exact) mass is 471 g/mol. The van der Waals surface area contributed by atoms with E-state index in [9.17, 15) is 5.11 Å². The maximum Gasteiger partial charge on any atom is 0.225 e. The SMILES string of the molecule is COc1cc(N2CCCCCC2)c2c(OC)nc(-c3cc(O)cc(Cl)c3C3CC3)c(F)c2n1. The molecule has 1 aliphatic heterocycles. The summed E-state index contributed by atoms with van der Waals surface area (Å²) >= 11 is 6.47. The van der Waals surface area contributed by atoms with Gasteiger partial charge in [-0.05, 0) is 49.3 Å². The number of anilines is 1. The van der Waals surface area contributed by atoms with Gasteiger partial charge in [0.25, 0.3) is 0 Å². The van der Waals surface area contributed by atoms with E-state index in [1.54, 1.807) is 0 Å². The molecule has 0 spiro atoms. The van der Waals surface area contributed by atoms with Gasteiger partial charge in [0.05, 0.1) is 25.3 Å². The molecule has 3 heterocycles. The van der Waals surface area contributed by atoms with Gasteiger partial charge in [-0.25, -0.2) is 14.4 Å². The normalized spacial score (nSPS) is 16.7. The van der Waals surface area contributed by atoms with Crippen LogP contribution < -0.4 is 14.4 Å². The van der Waals surface area contributed by atoms with Crippen molar-refractivity contribution in [3.05, 3.63) is 34.6 Å². The van der Waals surface area contributed by atoms with Crippen LogP contribution in [0.2, 0.25) is 5.02 Å². The highest BCUT2D eigenvalue weighted by Crippen LogP contribution is 2.50. The van der Waals surface area contributed by atoms with Crippen LogP contribution >= 0.6 is 11.6 Å². The lowest BCUT2D eigenvalue weighted by Crippen LogP contribution is -2.24. The third-order valence-electron chi connectivity index (χ3n) is 6.52. The highest BCUT2D eigenvalue weighted by atomic mass is 35.5. The van der Waals surface area contributed by atoms with Gasteiger partial charge in [0.2, 0.25) is 11.8 Å². The average molecular weight is 472 g/mol. The Hall–Kier alpha value is -2.80. The van der Waals surface area contributed by atoms with Gasteiger partial charge < -0.3 is 19.5 Å². The van der Waals surface area contributed by atoms with Gasteiger partial charge in [-0.1, -0.05) is 24.4 Å². The van der Waals surface area contributed by atoms with E-state index < -0.39 is 5.82 Å². The zero-order valence-electron chi connectivity index (χ0n) is 18.8. The summed E-state index contributed by atoms with van der Waals surface area (Å²) in [6.07, 6.45) is 6.41. The molecule has 5 rings (SSSR count). The van der Waals surface area contributed by atoms with Crippen molar-refractivity contribution >= 4 is 28.2 Å². The predicted molar refractivity (Wildman–Crippen MR) is 127 cm³/mol. The molecule has 0 amide bonds. The van der Waals surface area contributed by atoms with Gasteiger partial charge in [0.15, 0.2) is 5.82 Å². The predicted octanol–water partition coefficient (Wildman–Crippen LogP) is 6.07. The fourth-order valence-corrected chi connectivity index (χ4v) is 5.14. The largest absolute Gasteiger partial charge is 0.508 e. The van der Waals surface area contributed by atoms with Crippen LogP contribution in [0.15, 0.2) is 18.2 Å². The van der Waals surface area contributed by atoms with E-state index in [1.165, 1.54) is 39.2 Å². The van der Waals surface area contributed by atoms with E-state index >= 15 is 4.39 Å². The van der Waals surface area contributed by atoms with Crippen LogP contribution in [0.5, 0.6) is 17.5 Å². The Morgan fingerprint density at radius 2 is 1.76 bits per heavy atom. The number of aromatic nitrogens is 2. The number of methoxy groups -OCH3 is 2. The van der Waals surface area contributed by atoms with Crippen LogP contribution in [-0.4, -0.2) is 42.4 Å². The smallest absolute Gasteiger partial charge is 0.225 e. The molecule has 1 aromatic carbocycles. The quantitative estimate of drug-likeness (QED) is 0.487. The zero-order valence-corrected chi connectivity index (χ0v) is 19.6. The van der Waals surface area contributed by atoms with E-state index in [2.05, 4.69) is 14.9 Å². The maximum absolute atomic E-state index is 16.2. The summed E-state index contributed by atoms with van der Waals surface area (Å²) < 4.78 is 27.3. The van der Waals surface area contributed by atoms with Crippen LogP contribution in [0.3, 0.4) is 0 Å². The fourth-order valence-electron chi connectivity index (χ4n) is 4.78. The number of halogens is 2. The van der Waals surface area contributed by atoms with Crippen molar-refractivity contribution in [1.29, 1.82) is 0 Å². The number of benzene rings is 1. The lowest BCUT2D eigenvalue weighted by molar-refractivity contribution is 0.396. The summed E-state index contributed by atoms with van der Waals surface area (Å²) in [5, 5.41) is 11.2. The lowest BCUT2D eigenvalue weighted by atomic mass is 9.98. The standard InChI is InChI=1S/C25H27ClFN3O3/c1-32-19-13-18(30-9-5-3-4-6-10-30)21-24(28-19)22(27)23(29-25(21)33-2)16-11-15(31)12-17(26)20(16)14-7-8-14/h11-14,31H,3-10H2,1-2H3. The zero-order chi connectivity index (χ0) is 23.1. The number of pyridine rings is 2. The van der Waals surface area contributed by atoms with Gasteiger partial charge >= 0.3 is 0 Å². The Morgan fingerprint density at radius 3 is 2.39 bits per heavy atom. The van der Waals surface area contributed by atoms with Crippen molar-refractivity contribution < 1.29 is 19.0 Å². The second-order valence-electron chi connectivity index (χ2n) is 8.76. The van der Waals surface area contributed by atoms with Crippen LogP contribution in [-0.2, 0) is 0 Å². The minimum atomic E-state index is -0.579. The summed E-state index contributed by atoms with van der Waals surface area (Å²) in [6.45, 7) is 1.73. The van der Waals surface area contributed by atoms with Gasteiger partial charge in [0, 0.05) is 29.7 Å². The molecule has 3 aromatic rings.